The second-order valence-electron chi connectivity index (χ2n) is 4.58. The standard InChI is InChI=1S/C10H18N2O/c1-7(2)5-9-10(13)12(6-11-9)8-3-4-8/h7-9,11H,3-6H2,1-2H3. The van der Waals surface area contributed by atoms with E-state index in [1.807, 2.05) is 4.90 Å². The first-order chi connectivity index (χ1) is 6.18. The van der Waals surface area contributed by atoms with Crippen molar-refractivity contribution in [3.8, 4) is 0 Å². The normalized spacial score (nSPS) is 29.0. The third-order valence-electron chi connectivity index (χ3n) is 2.78. The third-order valence-corrected chi connectivity index (χ3v) is 2.78. The van der Waals surface area contributed by atoms with Crippen molar-refractivity contribution in [2.45, 2.75) is 45.2 Å². The molecule has 1 saturated carbocycles. The molecule has 0 aromatic heterocycles. The van der Waals surface area contributed by atoms with Gasteiger partial charge in [-0.2, -0.15) is 0 Å². The van der Waals surface area contributed by atoms with E-state index in [1.165, 1.54) is 12.8 Å². The van der Waals surface area contributed by atoms with Crippen LogP contribution in [-0.4, -0.2) is 29.6 Å². The Balaban J connectivity index is 1.90. The van der Waals surface area contributed by atoms with E-state index in [0.29, 0.717) is 17.9 Å². The zero-order valence-corrected chi connectivity index (χ0v) is 8.42. The van der Waals surface area contributed by atoms with E-state index in [2.05, 4.69) is 19.2 Å². The minimum atomic E-state index is 0.0978. The van der Waals surface area contributed by atoms with Crippen molar-refractivity contribution < 1.29 is 4.79 Å². The summed E-state index contributed by atoms with van der Waals surface area (Å²) in [6.45, 7) is 5.10. The molecule has 2 fully saturated rings. The molecule has 13 heavy (non-hydrogen) atoms. The van der Waals surface area contributed by atoms with Gasteiger partial charge in [-0.15, -0.1) is 0 Å². The maximum absolute atomic E-state index is 11.8. The van der Waals surface area contributed by atoms with Gasteiger partial charge >= 0.3 is 0 Å². The van der Waals surface area contributed by atoms with Crippen molar-refractivity contribution in [1.29, 1.82) is 0 Å². The van der Waals surface area contributed by atoms with Crippen LogP contribution >= 0.6 is 0 Å². The van der Waals surface area contributed by atoms with Crippen molar-refractivity contribution >= 4 is 5.91 Å². The van der Waals surface area contributed by atoms with Crippen molar-refractivity contribution in [1.82, 2.24) is 10.2 Å². The molecule has 1 aliphatic heterocycles. The van der Waals surface area contributed by atoms with Crippen LogP contribution in [0.15, 0.2) is 0 Å². The van der Waals surface area contributed by atoms with Crippen LogP contribution in [0.25, 0.3) is 0 Å². The summed E-state index contributed by atoms with van der Waals surface area (Å²) >= 11 is 0. The second kappa shape index (κ2) is 3.29. The van der Waals surface area contributed by atoms with Crippen molar-refractivity contribution in [3.05, 3.63) is 0 Å². The fourth-order valence-electron chi connectivity index (χ4n) is 1.92. The average molecular weight is 182 g/mol. The topological polar surface area (TPSA) is 32.3 Å². The van der Waals surface area contributed by atoms with E-state index in [0.717, 1.165) is 13.1 Å². The Kier molecular flexibility index (Phi) is 2.28. The van der Waals surface area contributed by atoms with Crippen LogP contribution in [0.3, 0.4) is 0 Å². The van der Waals surface area contributed by atoms with Gasteiger partial charge in [-0.3, -0.25) is 10.1 Å². The molecule has 0 radical (unpaired) electrons. The highest BCUT2D eigenvalue weighted by molar-refractivity contribution is 5.84. The van der Waals surface area contributed by atoms with Gasteiger partial charge in [0.15, 0.2) is 0 Å². The van der Waals surface area contributed by atoms with Gasteiger partial charge < -0.3 is 4.90 Å². The predicted molar refractivity (Wildman–Crippen MR) is 51.1 cm³/mol. The summed E-state index contributed by atoms with van der Waals surface area (Å²) < 4.78 is 0. The molecule has 0 aromatic carbocycles. The molecule has 0 aromatic rings. The summed E-state index contributed by atoms with van der Waals surface area (Å²) in [5.41, 5.74) is 0. The lowest BCUT2D eigenvalue weighted by Crippen LogP contribution is -2.32. The molecule has 1 N–H and O–H groups in total. The van der Waals surface area contributed by atoms with Crippen LogP contribution < -0.4 is 5.32 Å². The van der Waals surface area contributed by atoms with Gasteiger partial charge in [0.05, 0.1) is 12.7 Å². The molecule has 1 saturated heterocycles. The quantitative estimate of drug-likeness (QED) is 0.705. The molecular weight excluding hydrogens is 164 g/mol. The molecule has 2 aliphatic rings. The lowest BCUT2D eigenvalue weighted by molar-refractivity contribution is -0.129. The van der Waals surface area contributed by atoms with Crippen LogP contribution in [0.5, 0.6) is 0 Å². The average Bonchev–Trinajstić information content (AvgIpc) is 2.81. The molecular formula is C10H18N2O. The summed E-state index contributed by atoms with van der Waals surface area (Å²) in [4.78, 5) is 13.8. The summed E-state index contributed by atoms with van der Waals surface area (Å²) in [6.07, 6.45) is 3.39. The Hall–Kier alpha value is -0.570. The highest BCUT2D eigenvalue weighted by atomic mass is 16.2. The molecule has 1 atom stereocenters. The molecule has 1 amide bonds. The highest BCUT2D eigenvalue weighted by Crippen LogP contribution is 2.29. The first kappa shape index (κ1) is 9.00. The lowest BCUT2D eigenvalue weighted by atomic mass is 10.0. The van der Waals surface area contributed by atoms with E-state index in [-0.39, 0.29) is 6.04 Å². The van der Waals surface area contributed by atoms with Crippen LogP contribution in [0, 0.1) is 5.92 Å². The molecule has 1 heterocycles. The number of hydrogen-bond acceptors (Lipinski definition) is 2. The molecule has 74 valence electrons. The number of hydrogen-bond donors (Lipinski definition) is 1. The molecule has 1 unspecified atom stereocenters. The second-order valence-corrected chi connectivity index (χ2v) is 4.58. The van der Waals surface area contributed by atoms with Crippen LogP contribution in [-0.2, 0) is 4.79 Å². The number of nitrogens with one attached hydrogen (secondary N) is 1. The molecule has 0 bridgehead atoms. The van der Waals surface area contributed by atoms with Gasteiger partial charge in [0.25, 0.3) is 0 Å². The minimum Gasteiger partial charge on any atom is -0.326 e. The van der Waals surface area contributed by atoms with E-state index in [4.69, 9.17) is 0 Å². The fourth-order valence-corrected chi connectivity index (χ4v) is 1.92. The van der Waals surface area contributed by atoms with E-state index in [1.54, 1.807) is 0 Å². The minimum absolute atomic E-state index is 0.0978. The van der Waals surface area contributed by atoms with E-state index in [9.17, 15) is 4.79 Å². The molecule has 3 heteroatoms. The molecule has 2 rings (SSSR count). The van der Waals surface area contributed by atoms with Gasteiger partial charge in [-0.1, -0.05) is 13.8 Å². The Morgan fingerprint density at radius 1 is 1.54 bits per heavy atom. The van der Waals surface area contributed by atoms with Crippen LogP contribution in [0.4, 0.5) is 0 Å². The Bertz CT molecular complexity index is 211. The number of carbonyl (C=O) groups excluding carboxylic acids is 1. The van der Waals surface area contributed by atoms with Crippen LogP contribution in [0.2, 0.25) is 0 Å². The maximum atomic E-state index is 11.8. The SMILES string of the molecule is CC(C)CC1NCN(C2CC2)C1=O. The summed E-state index contributed by atoms with van der Waals surface area (Å²) in [6, 6.07) is 0.665. The summed E-state index contributed by atoms with van der Waals surface area (Å²) in [7, 11) is 0. The zero-order valence-electron chi connectivity index (χ0n) is 8.42. The Morgan fingerprint density at radius 3 is 2.77 bits per heavy atom. The smallest absolute Gasteiger partial charge is 0.241 e. The van der Waals surface area contributed by atoms with Gasteiger partial charge in [0, 0.05) is 6.04 Å². The van der Waals surface area contributed by atoms with Gasteiger partial charge in [0.2, 0.25) is 5.91 Å². The third kappa shape index (κ3) is 1.85. The monoisotopic (exact) mass is 182 g/mol. The summed E-state index contributed by atoms with van der Waals surface area (Å²) in [5.74, 6) is 0.928. The molecule has 0 spiro atoms. The zero-order chi connectivity index (χ0) is 9.42. The van der Waals surface area contributed by atoms with Crippen molar-refractivity contribution in [2.75, 3.05) is 6.67 Å². The van der Waals surface area contributed by atoms with Gasteiger partial charge in [0.1, 0.15) is 0 Å². The highest BCUT2D eigenvalue weighted by Gasteiger charge is 2.39. The number of nitrogens with zero attached hydrogens (tertiary/aromatic N) is 1. The molecule has 3 nitrogen and oxygen atoms in total. The first-order valence-corrected chi connectivity index (χ1v) is 5.22. The Labute approximate surface area is 79.5 Å². The van der Waals surface area contributed by atoms with Crippen molar-refractivity contribution in [2.24, 2.45) is 5.92 Å². The molecule has 1 aliphatic carbocycles. The number of carbonyl (C=O) groups is 1. The number of rotatable bonds is 3. The summed E-state index contributed by atoms with van der Waals surface area (Å²) in [5, 5.41) is 3.29. The first-order valence-electron chi connectivity index (χ1n) is 5.22. The lowest BCUT2D eigenvalue weighted by Gasteiger charge is -2.14. The van der Waals surface area contributed by atoms with Crippen molar-refractivity contribution in [3.63, 3.8) is 0 Å². The number of amides is 1. The maximum Gasteiger partial charge on any atom is 0.241 e. The van der Waals surface area contributed by atoms with E-state index < -0.39 is 0 Å². The van der Waals surface area contributed by atoms with E-state index >= 15 is 0 Å². The largest absolute Gasteiger partial charge is 0.326 e. The van der Waals surface area contributed by atoms with Gasteiger partial charge in [-0.25, -0.2) is 0 Å². The Morgan fingerprint density at radius 2 is 2.23 bits per heavy atom. The predicted octanol–water partition coefficient (Wildman–Crippen LogP) is 0.953. The van der Waals surface area contributed by atoms with Crippen LogP contribution in [0.1, 0.15) is 33.1 Å². The fraction of sp³-hybridized carbons (Fsp3) is 0.900. The van der Waals surface area contributed by atoms with Gasteiger partial charge in [-0.05, 0) is 25.2 Å².